The first-order chi connectivity index (χ1) is 5.36. The van der Waals surface area contributed by atoms with Gasteiger partial charge in [0.1, 0.15) is 0 Å². The van der Waals surface area contributed by atoms with Crippen molar-refractivity contribution in [2.45, 2.75) is 19.4 Å². The maximum atomic E-state index is 5.21. The summed E-state index contributed by atoms with van der Waals surface area (Å²) >= 11 is 6.66. The van der Waals surface area contributed by atoms with E-state index in [0.717, 1.165) is 5.11 Å². The summed E-state index contributed by atoms with van der Waals surface area (Å²) in [5.41, 5.74) is 0.0245. The Hall–Kier alpha value is 0.208. The molecule has 0 saturated carbocycles. The van der Waals surface area contributed by atoms with Crippen LogP contribution in [-0.4, -0.2) is 38.8 Å². The van der Waals surface area contributed by atoms with Crippen molar-refractivity contribution in [1.82, 2.24) is 15.3 Å². The number of hydrogen-bond donors (Lipinski definition) is 1. The monoisotopic (exact) mass is 355 g/mol. The molecule has 0 aliphatic carbocycles. The van der Waals surface area contributed by atoms with E-state index in [1.807, 2.05) is 24.1 Å². The van der Waals surface area contributed by atoms with Gasteiger partial charge in [-0.25, -0.2) is 0 Å². The number of nitrogens with zero attached hydrogens (tertiary/aromatic N) is 2. The molecule has 1 aliphatic heterocycles. The molecule has 1 fully saturated rings. The van der Waals surface area contributed by atoms with Crippen molar-refractivity contribution in [2.24, 2.45) is 0 Å². The molecule has 0 atom stereocenters. The molecule has 0 unspecified atom stereocenters. The van der Waals surface area contributed by atoms with Crippen molar-refractivity contribution in [3.63, 3.8) is 0 Å². The van der Waals surface area contributed by atoms with E-state index in [9.17, 15) is 0 Å². The molecule has 0 aromatic heterocycles. The fraction of sp³-hybridized carbons (Fsp3) is 0.714. The molecule has 0 radical (unpaired) electrons. The maximum absolute atomic E-state index is 5.21. The Labute approximate surface area is 89.5 Å². The van der Waals surface area contributed by atoms with E-state index in [1.54, 1.807) is 0 Å². The molecule has 0 aromatic carbocycles. The zero-order chi connectivity index (χ0) is 9.52. The molecular weight excluding hydrogens is 342 g/mol. The molecule has 0 spiro atoms. The third-order valence-electron chi connectivity index (χ3n) is 1.74. The summed E-state index contributed by atoms with van der Waals surface area (Å²) < 4.78 is 1.32. The minimum atomic E-state index is 0.0245. The number of hydrogen-bond acceptors (Lipinski definition) is 2. The normalized spacial score (nSPS) is 21.9. The van der Waals surface area contributed by atoms with Crippen LogP contribution in [0.4, 0.5) is 0 Å². The summed E-state index contributed by atoms with van der Waals surface area (Å²) in [7, 11) is 4.00. The van der Waals surface area contributed by atoms with Gasteiger partial charge in [-0.15, -0.1) is 0 Å². The Kier molecular flexibility index (Phi) is 2.71. The number of thiocarbonyl (C=S) groups is 1. The van der Waals surface area contributed by atoms with Gasteiger partial charge >= 0.3 is 89.5 Å². The summed E-state index contributed by atoms with van der Waals surface area (Å²) in [4.78, 5) is 0. The van der Waals surface area contributed by atoms with Crippen molar-refractivity contribution in [3.05, 3.63) is 0 Å². The zero-order valence-corrected chi connectivity index (χ0v) is 11.5. The van der Waals surface area contributed by atoms with Gasteiger partial charge in [0, 0.05) is 0 Å². The first-order valence-corrected chi connectivity index (χ1v) is 5.57. The average molecular weight is 355 g/mol. The molecule has 1 heterocycles. The third-order valence-corrected chi connectivity index (χ3v) is 4.47. The Morgan fingerprint density at radius 3 is 2.17 bits per heavy atom. The first-order valence-electron chi connectivity index (χ1n) is 3.70. The molecule has 1 rings (SSSR count). The van der Waals surface area contributed by atoms with Crippen LogP contribution in [0, 0.1) is 0 Å². The topological polar surface area (TPSA) is 18.5 Å². The number of hydrazine groups is 1. The predicted molar refractivity (Wildman–Crippen MR) is 50.3 cm³/mol. The number of rotatable bonds is 1. The fourth-order valence-electron chi connectivity index (χ4n) is 1.09. The fourth-order valence-corrected chi connectivity index (χ4v) is 2.93. The van der Waals surface area contributed by atoms with Crippen molar-refractivity contribution in [2.75, 3.05) is 14.1 Å². The van der Waals surface area contributed by atoms with Gasteiger partial charge in [0.15, 0.2) is 0 Å². The van der Waals surface area contributed by atoms with Crippen molar-refractivity contribution < 1.29 is 19.4 Å². The van der Waals surface area contributed by atoms with Crippen molar-refractivity contribution in [3.8, 4) is 0 Å². The Bertz CT molecular complexity index is 237. The molecule has 1 saturated heterocycles. The van der Waals surface area contributed by atoms with Gasteiger partial charge in [-0.05, 0) is 0 Å². The first kappa shape index (κ1) is 10.3. The van der Waals surface area contributed by atoms with Crippen LogP contribution >= 0.6 is 12.2 Å². The molecule has 5 heteroatoms. The Morgan fingerprint density at radius 2 is 2.00 bits per heavy atom. The van der Waals surface area contributed by atoms with Crippen LogP contribution < -0.4 is 5.32 Å². The molecule has 0 bridgehead atoms. The van der Waals surface area contributed by atoms with Crippen LogP contribution in [-0.2, 0) is 19.4 Å². The Morgan fingerprint density at radius 1 is 1.50 bits per heavy atom. The van der Waals surface area contributed by atoms with E-state index in [0.29, 0.717) is 0 Å². The molecule has 0 aromatic rings. The number of nitrogens with one attached hydrogen (secondary N) is 1. The molecule has 1 aliphatic rings. The van der Waals surface area contributed by atoms with Crippen LogP contribution in [0.2, 0.25) is 0 Å². The van der Waals surface area contributed by atoms with Gasteiger partial charge in [0.05, 0.1) is 0 Å². The van der Waals surface area contributed by atoms with Crippen LogP contribution in [0.3, 0.4) is 0 Å². The summed E-state index contributed by atoms with van der Waals surface area (Å²) in [5, 5.41) is 8.13. The summed E-state index contributed by atoms with van der Waals surface area (Å²) in [5.74, 6) is 0. The third kappa shape index (κ3) is 1.61. The van der Waals surface area contributed by atoms with Gasteiger partial charge < -0.3 is 0 Å². The van der Waals surface area contributed by atoms with Gasteiger partial charge in [0.25, 0.3) is 0 Å². The molecule has 0 amide bonds. The average Bonchev–Trinajstić information content (AvgIpc) is 2.02. The molecule has 12 heavy (non-hydrogen) atoms. The predicted octanol–water partition coefficient (Wildman–Crippen LogP) is 0.108. The van der Waals surface area contributed by atoms with Gasteiger partial charge in [-0.2, -0.15) is 0 Å². The second kappa shape index (κ2) is 3.17. The van der Waals surface area contributed by atoms with E-state index in [-0.39, 0.29) is 5.54 Å². The van der Waals surface area contributed by atoms with Crippen LogP contribution in [0.25, 0.3) is 0 Å². The van der Waals surface area contributed by atoms with E-state index < -0.39 is 0 Å². The van der Waals surface area contributed by atoms with Crippen LogP contribution in [0.1, 0.15) is 13.8 Å². The molecule has 1 N–H and O–H groups in total. The quantitative estimate of drug-likeness (QED) is 0.673. The second-order valence-electron chi connectivity index (χ2n) is 3.52. The van der Waals surface area contributed by atoms with Crippen molar-refractivity contribution in [1.29, 1.82) is 0 Å². The van der Waals surface area contributed by atoms with Gasteiger partial charge in [-0.1, -0.05) is 0 Å². The van der Waals surface area contributed by atoms with E-state index in [4.69, 9.17) is 12.2 Å². The standard InChI is InChI=1S/C7H13N3S.W/c1-7(2)5-10(9(3)4)6(11)8-7;/h1-4H3,(H,8,11);. The molecular formula is C7H13N3SW. The summed E-state index contributed by atoms with van der Waals surface area (Å²) in [6, 6.07) is 0. The Balaban J connectivity index is 2.93. The minimum absolute atomic E-state index is 0.0245. The SMILES string of the molecule is CN(C)N1C(=S)NC(C)(C)[C]1=[W]. The van der Waals surface area contributed by atoms with E-state index >= 15 is 0 Å². The van der Waals surface area contributed by atoms with E-state index in [2.05, 4.69) is 19.2 Å². The van der Waals surface area contributed by atoms with Crippen LogP contribution in [0.15, 0.2) is 0 Å². The van der Waals surface area contributed by atoms with Gasteiger partial charge in [-0.3, -0.25) is 0 Å². The second-order valence-corrected chi connectivity index (χ2v) is 5.30. The zero-order valence-electron chi connectivity index (χ0n) is 7.71. The summed E-state index contributed by atoms with van der Waals surface area (Å²) in [6.45, 7) is 4.29. The van der Waals surface area contributed by atoms with Crippen molar-refractivity contribution >= 4 is 21.4 Å². The van der Waals surface area contributed by atoms with Crippen LogP contribution in [0.5, 0.6) is 0 Å². The summed E-state index contributed by atoms with van der Waals surface area (Å²) in [6.07, 6.45) is 0. The molecule has 68 valence electrons. The van der Waals surface area contributed by atoms with Gasteiger partial charge in [0.2, 0.25) is 0 Å². The molecule has 3 nitrogen and oxygen atoms in total. The van der Waals surface area contributed by atoms with E-state index in [1.165, 1.54) is 23.4 Å².